The first-order valence-electron chi connectivity index (χ1n) is 4.78. The van der Waals surface area contributed by atoms with Crippen LogP contribution in [-0.2, 0) is 4.79 Å². The van der Waals surface area contributed by atoms with Crippen LogP contribution in [0.3, 0.4) is 0 Å². The van der Waals surface area contributed by atoms with E-state index in [1.165, 1.54) is 5.39 Å². The van der Waals surface area contributed by atoms with Crippen LogP contribution in [0, 0.1) is 0 Å². The molecule has 0 bridgehead atoms. The number of nitrogens with two attached hydrogens (primary N) is 1. The molecule has 0 unspecified atom stereocenters. The zero-order chi connectivity index (χ0) is 10.7. The molecule has 1 amide bonds. The van der Waals surface area contributed by atoms with Crippen molar-refractivity contribution in [2.24, 2.45) is 5.73 Å². The van der Waals surface area contributed by atoms with E-state index < -0.39 is 0 Å². The Kier molecular flexibility index (Phi) is 2.54. The fraction of sp³-hybridized carbons (Fsp3) is 0.0833. The van der Waals surface area contributed by atoms with Gasteiger partial charge in [-0.1, -0.05) is 24.3 Å². The van der Waals surface area contributed by atoms with E-state index >= 15 is 0 Å². The van der Waals surface area contributed by atoms with Crippen molar-refractivity contribution >= 4 is 22.9 Å². The summed E-state index contributed by atoms with van der Waals surface area (Å²) in [4.78, 5) is 13.7. The smallest absolute Gasteiger partial charge is 0.221 e. The third kappa shape index (κ3) is 2.26. The Hall–Kier alpha value is -2.03. The lowest BCUT2D eigenvalue weighted by atomic mass is 10.1. The summed E-state index contributed by atoms with van der Waals surface area (Å²) in [5, 5.41) is 1.18. The Bertz CT molecular complexity index is 511. The quantitative estimate of drug-likeness (QED) is 0.782. The Morgan fingerprint density at radius 3 is 3.07 bits per heavy atom. The highest BCUT2D eigenvalue weighted by molar-refractivity contribution is 5.82. The number of hydrogen-bond acceptors (Lipinski definition) is 1. The number of nitrogens with one attached hydrogen (secondary N) is 1. The van der Waals surface area contributed by atoms with E-state index in [9.17, 15) is 4.79 Å². The normalized spacial score (nSPS) is 11.2. The van der Waals surface area contributed by atoms with Gasteiger partial charge >= 0.3 is 0 Å². The molecule has 3 N–H and O–H groups in total. The number of aromatic amines is 1. The van der Waals surface area contributed by atoms with Crippen molar-refractivity contribution in [1.82, 2.24) is 4.98 Å². The molecule has 0 fully saturated rings. The van der Waals surface area contributed by atoms with Crippen molar-refractivity contribution in [3.63, 3.8) is 0 Å². The van der Waals surface area contributed by atoms with Crippen molar-refractivity contribution < 1.29 is 4.79 Å². The molecule has 2 rings (SSSR count). The maximum absolute atomic E-state index is 10.5. The molecule has 1 aromatic carbocycles. The number of H-pyrrole nitrogens is 1. The minimum atomic E-state index is -0.313. The molecule has 0 aliphatic carbocycles. The van der Waals surface area contributed by atoms with Crippen molar-refractivity contribution in [1.29, 1.82) is 0 Å². The predicted octanol–water partition coefficient (Wildman–Crippen LogP) is 2.06. The molecule has 0 spiro atoms. The van der Waals surface area contributed by atoms with Crippen LogP contribution in [0.15, 0.2) is 36.5 Å². The van der Waals surface area contributed by atoms with Gasteiger partial charge in [0.1, 0.15) is 0 Å². The van der Waals surface area contributed by atoms with Crippen LogP contribution in [0.2, 0.25) is 0 Å². The van der Waals surface area contributed by atoms with Crippen LogP contribution < -0.4 is 5.73 Å². The average Bonchev–Trinajstić information content (AvgIpc) is 2.64. The summed E-state index contributed by atoms with van der Waals surface area (Å²) in [6.07, 6.45) is 5.85. The third-order valence-electron chi connectivity index (χ3n) is 2.21. The molecule has 1 aromatic heterocycles. The van der Waals surface area contributed by atoms with Gasteiger partial charge in [-0.3, -0.25) is 4.79 Å². The van der Waals surface area contributed by atoms with E-state index in [0.29, 0.717) is 0 Å². The summed E-state index contributed by atoms with van der Waals surface area (Å²) in [6.45, 7) is 0. The van der Waals surface area contributed by atoms with Crippen LogP contribution in [0.1, 0.15) is 12.0 Å². The van der Waals surface area contributed by atoms with Gasteiger partial charge in [0.25, 0.3) is 0 Å². The lowest BCUT2D eigenvalue weighted by molar-refractivity contribution is -0.117. The molecule has 76 valence electrons. The minimum absolute atomic E-state index is 0.281. The number of fused-ring (bicyclic) bond motifs is 1. The molecule has 3 nitrogen and oxygen atoms in total. The van der Waals surface area contributed by atoms with E-state index in [-0.39, 0.29) is 12.3 Å². The topological polar surface area (TPSA) is 58.9 Å². The molecule has 0 saturated heterocycles. The van der Waals surface area contributed by atoms with E-state index in [1.54, 1.807) is 6.08 Å². The zero-order valence-electron chi connectivity index (χ0n) is 8.23. The van der Waals surface area contributed by atoms with Gasteiger partial charge in [-0.25, -0.2) is 0 Å². The van der Waals surface area contributed by atoms with Crippen LogP contribution in [0.25, 0.3) is 17.0 Å². The number of primary amides is 1. The number of hydrogen-bond donors (Lipinski definition) is 2. The van der Waals surface area contributed by atoms with Gasteiger partial charge in [0.05, 0.1) is 0 Å². The summed E-state index contributed by atoms with van der Waals surface area (Å²) in [5.41, 5.74) is 7.19. The van der Waals surface area contributed by atoms with Gasteiger partial charge < -0.3 is 10.7 Å². The number of carbonyl (C=O) groups excluding carboxylic acids is 1. The Morgan fingerprint density at radius 1 is 1.40 bits per heavy atom. The van der Waals surface area contributed by atoms with Crippen molar-refractivity contribution in [2.45, 2.75) is 6.42 Å². The van der Waals surface area contributed by atoms with Crippen molar-refractivity contribution in [3.05, 3.63) is 42.1 Å². The SMILES string of the molecule is NC(=O)CC=Cc1ccc2cc[nH]c2c1. The van der Waals surface area contributed by atoms with E-state index in [0.717, 1.165) is 11.1 Å². The van der Waals surface area contributed by atoms with Crippen LogP contribution in [0.4, 0.5) is 0 Å². The molecule has 1 heterocycles. The van der Waals surface area contributed by atoms with Gasteiger partial charge in [-0.15, -0.1) is 0 Å². The first-order valence-corrected chi connectivity index (χ1v) is 4.78. The lowest BCUT2D eigenvalue weighted by Gasteiger charge is -1.94. The maximum Gasteiger partial charge on any atom is 0.221 e. The molecule has 3 heteroatoms. The second-order valence-corrected chi connectivity index (χ2v) is 3.40. The zero-order valence-corrected chi connectivity index (χ0v) is 8.23. The van der Waals surface area contributed by atoms with Crippen molar-refractivity contribution in [2.75, 3.05) is 0 Å². The molecule has 15 heavy (non-hydrogen) atoms. The summed E-state index contributed by atoms with van der Waals surface area (Å²) in [5.74, 6) is -0.313. The molecule has 0 radical (unpaired) electrons. The van der Waals surface area contributed by atoms with Gasteiger partial charge in [-0.2, -0.15) is 0 Å². The number of benzene rings is 1. The Morgan fingerprint density at radius 2 is 2.27 bits per heavy atom. The second-order valence-electron chi connectivity index (χ2n) is 3.40. The van der Waals surface area contributed by atoms with Gasteiger partial charge in [0, 0.05) is 18.1 Å². The Balaban J connectivity index is 2.21. The maximum atomic E-state index is 10.5. The molecule has 0 atom stereocenters. The third-order valence-corrected chi connectivity index (χ3v) is 2.21. The van der Waals surface area contributed by atoms with Gasteiger partial charge in [0.15, 0.2) is 0 Å². The Labute approximate surface area is 87.6 Å². The van der Waals surface area contributed by atoms with Crippen LogP contribution in [0.5, 0.6) is 0 Å². The first-order chi connectivity index (χ1) is 7.25. The minimum Gasteiger partial charge on any atom is -0.369 e. The molecular weight excluding hydrogens is 188 g/mol. The first kappa shape index (κ1) is 9.52. The van der Waals surface area contributed by atoms with E-state index in [2.05, 4.69) is 4.98 Å². The predicted molar refractivity (Wildman–Crippen MR) is 61.1 cm³/mol. The van der Waals surface area contributed by atoms with Crippen LogP contribution >= 0.6 is 0 Å². The highest BCUT2D eigenvalue weighted by atomic mass is 16.1. The summed E-state index contributed by atoms with van der Waals surface area (Å²) < 4.78 is 0. The average molecular weight is 200 g/mol. The number of aromatic nitrogens is 1. The standard InChI is InChI=1S/C12H12N2O/c13-12(15)3-1-2-9-4-5-10-6-7-14-11(10)8-9/h1-2,4-8,14H,3H2,(H2,13,15). The highest BCUT2D eigenvalue weighted by Crippen LogP contribution is 2.15. The van der Waals surface area contributed by atoms with E-state index in [1.807, 2.05) is 36.5 Å². The summed E-state index contributed by atoms with van der Waals surface area (Å²) in [6, 6.07) is 8.10. The monoisotopic (exact) mass is 200 g/mol. The number of amides is 1. The molecule has 0 saturated carbocycles. The summed E-state index contributed by atoms with van der Waals surface area (Å²) >= 11 is 0. The van der Waals surface area contributed by atoms with Crippen molar-refractivity contribution in [3.8, 4) is 0 Å². The van der Waals surface area contributed by atoms with Crippen LogP contribution in [-0.4, -0.2) is 10.9 Å². The van der Waals surface area contributed by atoms with E-state index in [4.69, 9.17) is 5.73 Å². The largest absolute Gasteiger partial charge is 0.369 e. The number of carbonyl (C=O) groups is 1. The fourth-order valence-electron chi connectivity index (χ4n) is 1.48. The molecular formula is C12H12N2O. The van der Waals surface area contributed by atoms with Gasteiger partial charge in [-0.05, 0) is 23.1 Å². The molecule has 2 aromatic rings. The molecule has 0 aliphatic rings. The number of rotatable bonds is 3. The fourth-order valence-corrected chi connectivity index (χ4v) is 1.48. The second kappa shape index (κ2) is 4.00. The lowest BCUT2D eigenvalue weighted by Crippen LogP contribution is -2.07. The molecule has 0 aliphatic heterocycles. The van der Waals surface area contributed by atoms with Gasteiger partial charge in [0.2, 0.25) is 5.91 Å². The highest BCUT2D eigenvalue weighted by Gasteiger charge is 1.94. The summed E-state index contributed by atoms with van der Waals surface area (Å²) in [7, 11) is 0.